The van der Waals surface area contributed by atoms with E-state index in [0.29, 0.717) is 0 Å². The zero-order valence-electron chi connectivity index (χ0n) is 7.46. The largest absolute Gasteiger partial charge is 0.0991 e. The summed E-state index contributed by atoms with van der Waals surface area (Å²) in [4.78, 5) is 0. The van der Waals surface area contributed by atoms with Gasteiger partial charge in [-0.25, -0.2) is 0 Å². The first-order chi connectivity index (χ1) is 5.83. The topological polar surface area (TPSA) is 0 Å². The Morgan fingerprint density at radius 1 is 1.33 bits per heavy atom. The highest BCUT2D eigenvalue weighted by atomic mass is 14.0. The van der Waals surface area contributed by atoms with Crippen molar-refractivity contribution >= 4 is 0 Å². The van der Waals surface area contributed by atoms with Gasteiger partial charge in [0.25, 0.3) is 0 Å². The zero-order valence-corrected chi connectivity index (χ0v) is 7.46. The molecule has 0 spiro atoms. The molecule has 0 atom stereocenters. The van der Waals surface area contributed by atoms with Crippen molar-refractivity contribution in [2.45, 2.75) is 13.3 Å². The minimum absolute atomic E-state index is 1.02. The van der Waals surface area contributed by atoms with E-state index in [1.54, 1.807) is 0 Å². The van der Waals surface area contributed by atoms with Gasteiger partial charge in [0.05, 0.1) is 0 Å². The molecule has 0 bridgehead atoms. The van der Waals surface area contributed by atoms with E-state index in [1.165, 1.54) is 11.1 Å². The molecule has 1 rings (SSSR count). The SMILES string of the molecule is C=C/C=C(\C)Cc1ccccc1. The van der Waals surface area contributed by atoms with Crippen molar-refractivity contribution < 1.29 is 0 Å². The van der Waals surface area contributed by atoms with Crippen molar-refractivity contribution in [2.24, 2.45) is 0 Å². The van der Waals surface area contributed by atoms with E-state index in [9.17, 15) is 0 Å². The van der Waals surface area contributed by atoms with E-state index < -0.39 is 0 Å². The van der Waals surface area contributed by atoms with E-state index >= 15 is 0 Å². The van der Waals surface area contributed by atoms with Crippen molar-refractivity contribution in [3.63, 3.8) is 0 Å². The highest BCUT2D eigenvalue weighted by molar-refractivity contribution is 5.22. The standard InChI is InChI=1S/C12H14/c1-3-7-11(2)10-12-8-5-4-6-9-12/h3-9H,1,10H2,2H3/b11-7+. The molecule has 1 aromatic rings. The van der Waals surface area contributed by atoms with Gasteiger partial charge in [-0.1, -0.05) is 54.6 Å². The average Bonchev–Trinajstić information content (AvgIpc) is 2.06. The van der Waals surface area contributed by atoms with Gasteiger partial charge < -0.3 is 0 Å². The first kappa shape index (κ1) is 8.79. The van der Waals surface area contributed by atoms with Crippen LogP contribution in [0.4, 0.5) is 0 Å². The second-order valence-corrected chi connectivity index (χ2v) is 2.91. The number of rotatable bonds is 3. The van der Waals surface area contributed by atoms with Crippen molar-refractivity contribution in [1.29, 1.82) is 0 Å². The first-order valence-electron chi connectivity index (χ1n) is 4.15. The summed E-state index contributed by atoms with van der Waals surface area (Å²) in [6.07, 6.45) is 4.90. The highest BCUT2D eigenvalue weighted by Crippen LogP contribution is 2.06. The quantitative estimate of drug-likeness (QED) is 0.592. The molecule has 0 saturated carbocycles. The Labute approximate surface area is 74.2 Å². The molecular weight excluding hydrogens is 144 g/mol. The summed E-state index contributed by atoms with van der Waals surface area (Å²) in [5, 5.41) is 0. The predicted molar refractivity (Wildman–Crippen MR) is 54.1 cm³/mol. The zero-order chi connectivity index (χ0) is 8.81. The van der Waals surface area contributed by atoms with E-state index in [0.717, 1.165) is 6.42 Å². The fourth-order valence-corrected chi connectivity index (χ4v) is 1.18. The Hall–Kier alpha value is -1.30. The fourth-order valence-electron chi connectivity index (χ4n) is 1.18. The maximum atomic E-state index is 3.67. The van der Waals surface area contributed by atoms with Crippen LogP contribution in [0.15, 0.2) is 54.6 Å². The second kappa shape index (κ2) is 4.55. The van der Waals surface area contributed by atoms with Crippen molar-refractivity contribution in [1.82, 2.24) is 0 Å². The molecule has 0 heteroatoms. The van der Waals surface area contributed by atoms with E-state index in [-0.39, 0.29) is 0 Å². The third-order valence-electron chi connectivity index (χ3n) is 1.73. The Bertz CT molecular complexity index is 267. The summed E-state index contributed by atoms with van der Waals surface area (Å²) in [5.74, 6) is 0. The van der Waals surface area contributed by atoms with E-state index in [1.807, 2.05) is 18.2 Å². The number of benzene rings is 1. The van der Waals surface area contributed by atoms with Gasteiger partial charge in [-0.2, -0.15) is 0 Å². The van der Waals surface area contributed by atoms with Crippen LogP contribution >= 0.6 is 0 Å². The van der Waals surface area contributed by atoms with Crippen LogP contribution in [0.2, 0.25) is 0 Å². The van der Waals surface area contributed by atoms with Gasteiger partial charge in [-0.15, -0.1) is 0 Å². The maximum absolute atomic E-state index is 3.67. The van der Waals surface area contributed by atoms with Gasteiger partial charge >= 0.3 is 0 Å². The molecule has 0 unspecified atom stereocenters. The summed E-state index contributed by atoms with van der Waals surface area (Å²) in [6.45, 7) is 5.79. The molecule has 0 N–H and O–H groups in total. The minimum atomic E-state index is 1.02. The van der Waals surface area contributed by atoms with Crippen molar-refractivity contribution in [3.05, 3.63) is 60.2 Å². The Kier molecular flexibility index (Phi) is 3.34. The van der Waals surface area contributed by atoms with Crippen LogP contribution in [-0.2, 0) is 6.42 Å². The Morgan fingerprint density at radius 2 is 2.00 bits per heavy atom. The van der Waals surface area contributed by atoms with Gasteiger partial charge in [0.2, 0.25) is 0 Å². The van der Waals surface area contributed by atoms with Crippen molar-refractivity contribution in [3.8, 4) is 0 Å². The molecule has 1 aromatic carbocycles. The molecule has 12 heavy (non-hydrogen) atoms. The summed E-state index contributed by atoms with van der Waals surface area (Å²) in [6, 6.07) is 10.4. The summed E-state index contributed by atoms with van der Waals surface area (Å²) >= 11 is 0. The minimum Gasteiger partial charge on any atom is -0.0991 e. The van der Waals surface area contributed by atoms with Gasteiger partial charge in [0.1, 0.15) is 0 Å². The molecule has 0 fully saturated rings. The summed E-state index contributed by atoms with van der Waals surface area (Å²) in [5.41, 5.74) is 2.70. The number of hydrogen-bond acceptors (Lipinski definition) is 0. The van der Waals surface area contributed by atoms with Crippen molar-refractivity contribution in [2.75, 3.05) is 0 Å². The van der Waals surface area contributed by atoms with Crippen LogP contribution in [0, 0.1) is 0 Å². The molecular formula is C12H14. The first-order valence-corrected chi connectivity index (χ1v) is 4.15. The number of hydrogen-bond donors (Lipinski definition) is 0. The lowest BCUT2D eigenvalue weighted by Crippen LogP contribution is -1.84. The summed E-state index contributed by atoms with van der Waals surface area (Å²) < 4.78 is 0. The molecule has 0 nitrogen and oxygen atoms in total. The van der Waals surface area contributed by atoms with Gasteiger partial charge in [-0.3, -0.25) is 0 Å². The fraction of sp³-hybridized carbons (Fsp3) is 0.167. The van der Waals surface area contributed by atoms with Crippen LogP contribution in [-0.4, -0.2) is 0 Å². The van der Waals surface area contributed by atoms with Crippen LogP contribution in [0.25, 0.3) is 0 Å². The molecule has 62 valence electrons. The monoisotopic (exact) mass is 158 g/mol. The Balaban J connectivity index is 2.64. The van der Waals surface area contributed by atoms with Crippen LogP contribution < -0.4 is 0 Å². The van der Waals surface area contributed by atoms with E-state index in [4.69, 9.17) is 0 Å². The predicted octanol–water partition coefficient (Wildman–Crippen LogP) is 3.36. The molecule has 0 heterocycles. The Morgan fingerprint density at radius 3 is 2.58 bits per heavy atom. The third-order valence-corrected chi connectivity index (χ3v) is 1.73. The summed E-state index contributed by atoms with van der Waals surface area (Å²) in [7, 11) is 0. The average molecular weight is 158 g/mol. The maximum Gasteiger partial charge on any atom is -0.00668 e. The van der Waals surface area contributed by atoms with Gasteiger partial charge in [-0.05, 0) is 18.9 Å². The van der Waals surface area contributed by atoms with Gasteiger partial charge in [0.15, 0.2) is 0 Å². The third kappa shape index (κ3) is 2.75. The normalized spacial score (nSPS) is 11.2. The molecule has 0 aromatic heterocycles. The molecule has 0 amide bonds. The second-order valence-electron chi connectivity index (χ2n) is 2.91. The highest BCUT2D eigenvalue weighted by Gasteiger charge is 1.90. The smallest absolute Gasteiger partial charge is 0.00668 e. The van der Waals surface area contributed by atoms with Crippen LogP contribution in [0.1, 0.15) is 12.5 Å². The van der Waals surface area contributed by atoms with Gasteiger partial charge in [0, 0.05) is 0 Å². The van der Waals surface area contributed by atoms with E-state index in [2.05, 4.69) is 37.8 Å². The van der Waals surface area contributed by atoms with Crippen LogP contribution in [0.3, 0.4) is 0 Å². The molecule has 0 aliphatic carbocycles. The molecule has 0 saturated heterocycles. The lowest BCUT2D eigenvalue weighted by atomic mass is 10.1. The molecule has 0 aliphatic heterocycles. The van der Waals surface area contributed by atoms with Crippen LogP contribution in [0.5, 0.6) is 0 Å². The lowest BCUT2D eigenvalue weighted by Gasteiger charge is -1.99. The number of allylic oxidation sites excluding steroid dienone is 3. The molecule has 0 aliphatic rings. The molecule has 0 radical (unpaired) electrons. The lowest BCUT2D eigenvalue weighted by molar-refractivity contribution is 1.14.